The first-order valence-electron chi connectivity index (χ1n) is 8.16. The molecule has 2 aromatic carbocycles. The van der Waals surface area contributed by atoms with Gasteiger partial charge in [0.1, 0.15) is 12.4 Å². The molecule has 0 saturated heterocycles. The van der Waals surface area contributed by atoms with Crippen LogP contribution in [0.4, 0.5) is 4.39 Å². The van der Waals surface area contributed by atoms with Crippen molar-refractivity contribution in [2.24, 2.45) is 0 Å². The van der Waals surface area contributed by atoms with E-state index < -0.39 is 0 Å². The highest BCUT2D eigenvalue weighted by molar-refractivity contribution is 9.10. The Labute approximate surface area is 168 Å². The van der Waals surface area contributed by atoms with E-state index in [2.05, 4.69) is 21.2 Å². The zero-order chi connectivity index (χ0) is 18.1. The molecule has 0 unspecified atom stereocenters. The predicted molar refractivity (Wildman–Crippen MR) is 107 cm³/mol. The summed E-state index contributed by atoms with van der Waals surface area (Å²) in [5.74, 6) is 0.929. The number of hydrogen-bond donors (Lipinski definition) is 1. The summed E-state index contributed by atoms with van der Waals surface area (Å²) >= 11 is 3.53. The van der Waals surface area contributed by atoms with Crippen LogP contribution in [0.3, 0.4) is 0 Å². The third kappa shape index (κ3) is 6.76. The van der Waals surface area contributed by atoms with Crippen LogP contribution >= 0.6 is 28.3 Å². The Morgan fingerprint density at radius 3 is 2.62 bits per heavy atom. The largest absolute Gasteiger partial charge is 0.490 e. The summed E-state index contributed by atoms with van der Waals surface area (Å²) in [5.41, 5.74) is 1.56. The fourth-order valence-corrected chi connectivity index (χ4v) is 2.90. The first kappa shape index (κ1) is 22.7. The van der Waals surface area contributed by atoms with Crippen molar-refractivity contribution in [2.45, 2.75) is 20.1 Å². The third-order valence-electron chi connectivity index (χ3n) is 3.51. The van der Waals surface area contributed by atoms with E-state index in [1.54, 1.807) is 25.3 Å². The SMILES string of the molecule is CCOc1cc(CNCCOC)cc(Br)c1OCc1ccccc1F.Cl. The van der Waals surface area contributed by atoms with Gasteiger partial charge in [-0.05, 0) is 46.6 Å². The molecule has 0 aliphatic heterocycles. The number of hydrogen-bond acceptors (Lipinski definition) is 4. The first-order valence-corrected chi connectivity index (χ1v) is 8.96. The molecule has 0 aromatic heterocycles. The van der Waals surface area contributed by atoms with Gasteiger partial charge in [0.05, 0.1) is 17.7 Å². The van der Waals surface area contributed by atoms with Crippen LogP contribution in [-0.2, 0) is 17.9 Å². The van der Waals surface area contributed by atoms with E-state index in [1.807, 2.05) is 19.1 Å². The van der Waals surface area contributed by atoms with Crippen LogP contribution < -0.4 is 14.8 Å². The van der Waals surface area contributed by atoms with Crippen LogP contribution in [0.25, 0.3) is 0 Å². The summed E-state index contributed by atoms with van der Waals surface area (Å²) in [5, 5.41) is 3.29. The summed E-state index contributed by atoms with van der Waals surface area (Å²) in [7, 11) is 1.67. The zero-order valence-corrected chi connectivity index (χ0v) is 17.3. The Morgan fingerprint density at radius 1 is 1.15 bits per heavy atom. The molecule has 4 nitrogen and oxygen atoms in total. The monoisotopic (exact) mass is 447 g/mol. The number of benzene rings is 2. The number of methoxy groups -OCH3 is 1. The summed E-state index contributed by atoms with van der Waals surface area (Å²) in [6, 6.07) is 10.5. The van der Waals surface area contributed by atoms with Crippen LogP contribution in [0.15, 0.2) is 40.9 Å². The Bertz CT molecular complexity index is 688. The summed E-state index contributed by atoms with van der Waals surface area (Å²) in [6.45, 7) is 4.68. The minimum Gasteiger partial charge on any atom is -0.490 e. The van der Waals surface area contributed by atoms with Crippen LogP contribution in [-0.4, -0.2) is 26.9 Å². The van der Waals surface area contributed by atoms with E-state index in [1.165, 1.54) is 6.07 Å². The standard InChI is InChI=1S/C19H23BrFNO3.ClH/c1-3-24-18-11-14(12-22-8-9-23-2)10-16(20)19(18)25-13-15-6-4-5-7-17(15)21;/h4-7,10-11,22H,3,8-9,12-13H2,1-2H3;1H. The van der Waals surface area contributed by atoms with Crippen molar-refractivity contribution in [2.75, 3.05) is 26.9 Å². The Morgan fingerprint density at radius 2 is 1.92 bits per heavy atom. The van der Waals surface area contributed by atoms with Crippen molar-refractivity contribution >= 4 is 28.3 Å². The van der Waals surface area contributed by atoms with E-state index in [0.717, 1.165) is 16.6 Å². The number of halogens is 3. The molecular weight excluding hydrogens is 425 g/mol. The Hall–Kier alpha value is -1.34. The van der Waals surface area contributed by atoms with Crippen molar-refractivity contribution in [1.82, 2.24) is 5.32 Å². The Balaban J connectivity index is 0.00000338. The molecule has 2 rings (SSSR count). The normalized spacial score (nSPS) is 10.3. The molecule has 144 valence electrons. The fraction of sp³-hybridized carbons (Fsp3) is 0.368. The molecule has 0 bridgehead atoms. The van der Waals surface area contributed by atoms with E-state index in [9.17, 15) is 4.39 Å². The van der Waals surface area contributed by atoms with Crippen molar-refractivity contribution < 1.29 is 18.6 Å². The minimum absolute atomic E-state index is 0. The lowest BCUT2D eigenvalue weighted by Crippen LogP contribution is -2.18. The number of rotatable bonds is 10. The van der Waals surface area contributed by atoms with Crippen molar-refractivity contribution in [3.8, 4) is 11.5 Å². The average molecular weight is 449 g/mol. The maximum absolute atomic E-state index is 13.8. The lowest BCUT2D eigenvalue weighted by molar-refractivity contribution is 0.199. The highest BCUT2D eigenvalue weighted by Crippen LogP contribution is 2.37. The van der Waals surface area contributed by atoms with Gasteiger partial charge in [0.2, 0.25) is 0 Å². The molecule has 0 heterocycles. The zero-order valence-electron chi connectivity index (χ0n) is 14.9. The molecule has 0 aliphatic carbocycles. The second-order valence-corrected chi connectivity index (χ2v) is 6.24. The highest BCUT2D eigenvalue weighted by atomic mass is 79.9. The molecule has 7 heteroatoms. The molecular formula is C19H24BrClFNO3. The van der Waals surface area contributed by atoms with E-state index in [0.29, 0.717) is 36.8 Å². The van der Waals surface area contributed by atoms with E-state index >= 15 is 0 Å². The minimum atomic E-state index is -0.282. The van der Waals surface area contributed by atoms with Crippen molar-refractivity contribution in [3.63, 3.8) is 0 Å². The lowest BCUT2D eigenvalue weighted by Gasteiger charge is -2.16. The molecule has 2 aromatic rings. The molecule has 0 spiro atoms. The molecule has 0 amide bonds. The quantitative estimate of drug-likeness (QED) is 0.534. The molecule has 0 aliphatic rings. The van der Waals surface area contributed by atoms with Gasteiger partial charge < -0.3 is 19.5 Å². The van der Waals surface area contributed by atoms with Gasteiger partial charge in [-0.25, -0.2) is 4.39 Å². The molecule has 0 atom stereocenters. The summed E-state index contributed by atoms with van der Waals surface area (Å²) in [4.78, 5) is 0. The number of nitrogens with one attached hydrogen (secondary N) is 1. The van der Waals surface area contributed by atoms with Gasteiger partial charge >= 0.3 is 0 Å². The van der Waals surface area contributed by atoms with Gasteiger partial charge in [-0.2, -0.15) is 0 Å². The van der Waals surface area contributed by atoms with Crippen LogP contribution in [0.1, 0.15) is 18.1 Å². The lowest BCUT2D eigenvalue weighted by atomic mass is 10.2. The van der Waals surface area contributed by atoms with Crippen molar-refractivity contribution in [1.29, 1.82) is 0 Å². The number of ether oxygens (including phenoxy) is 3. The smallest absolute Gasteiger partial charge is 0.175 e. The molecule has 0 saturated carbocycles. The van der Waals surface area contributed by atoms with E-state index in [4.69, 9.17) is 14.2 Å². The summed E-state index contributed by atoms with van der Waals surface area (Å²) < 4.78 is 31.1. The van der Waals surface area contributed by atoms with Gasteiger partial charge in [0.25, 0.3) is 0 Å². The first-order chi connectivity index (χ1) is 12.2. The predicted octanol–water partition coefficient (Wildman–Crippen LogP) is 4.72. The van der Waals surface area contributed by atoms with Gasteiger partial charge in [0.15, 0.2) is 11.5 Å². The van der Waals surface area contributed by atoms with Crippen LogP contribution in [0, 0.1) is 5.82 Å². The second-order valence-electron chi connectivity index (χ2n) is 5.39. The van der Waals surface area contributed by atoms with Crippen LogP contribution in [0.5, 0.6) is 11.5 Å². The summed E-state index contributed by atoms with van der Waals surface area (Å²) in [6.07, 6.45) is 0. The molecule has 26 heavy (non-hydrogen) atoms. The van der Waals surface area contributed by atoms with Gasteiger partial charge in [-0.15, -0.1) is 12.4 Å². The van der Waals surface area contributed by atoms with E-state index in [-0.39, 0.29) is 24.8 Å². The topological polar surface area (TPSA) is 39.7 Å². The fourth-order valence-electron chi connectivity index (χ4n) is 2.30. The second kappa shape index (κ2) is 12.1. The van der Waals surface area contributed by atoms with Crippen molar-refractivity contribution in [3.05, 3.63) is 57.8 Å². The van der Waals surface area contributed by atoms with Crippen LogP contribution in [0.2, 0.25) is 0 Å². The highest BCUT2D eigenvalue weighted by Gasteiger charge is 2.13. The average Bonchev–Trinajstić information content (AvgIpc) is 2.60. The third-order valence-corrected chi connectivity index (χ3v) is 4.10. The molecule has 1 N–H and O–H groups in total. The molecule has 0 fully saturated rings. The Kier molecular flexibility index (Phi) is 10.6. The maximum atomic E-state index is 13.8. The maximum Gasteiger partial charge on any atom is 0.175 e. The molecule has 0 radical (unpaired) electrons. The van der Waals surface area contributed by atoms with Gasteiger partial charge in [-0.1, -0.05) is 18.2 Å². The van der Waals surface area contributed by atoms with Gasteiger partial charge in [0, 0.05) is 25.8 Å². The van der Waals surface area contributed by atoms with Gasteiger partial charge in [-0.3, -0.25) is 0 Å².